The van der Waals surface area contributed by atoms with Gasteiger partial charge in [-0.1, -0.05) is 48.5 Å². The van der Waals surface area contributed by atoms with E-state index in [4.69, 9.17) is 4.42 Å². The standard InChI is InChI=1S/C23H23NO2/c1-16-8-3-5-11-19(16)23(20-12-6-4-9-17(20)2)14-21(23)22(25)24-15-18-10-7-13-26-18/h3-13,21H,14-15H2,1-2H3,(H,24,25)/t21-/m0/s1. The van der Waals surface area contributed by atoms with Crippen LogP contribution in [0.4, 0.5) is 0 Å². The van der Waals surface area contributed by atoms with Gasteiger partial charge in [-0.05, 0) is 54.7 Å². The average molecular weight is 345 g/mol. The zero-order chi connectivity index (χ0) is 18.1. The first-order valence-corrected chi connectivity index (χ1v) is 9.05. The maximum Gasteiger partial charge on any atom is 0.224 e. The van der Waals surface area contributed by atoms with E-state index in [1.807, 2.05) is 12.1 Å². The molecule has 1 saturated carbocycles. The van der Waals surface area contributed by atoms with Crippen LogP contribution in [0, 0.1) is 19.8 Å². The highest BCUT2D eigenvalue weighted by molar-refractivity contribution is 5.86. The molecule has 3 aromatic rings. The molecule has 1 amide bonds. The molecule has 1 heterocycles. The number of hydrogen-bond donors (Lipinski definition) is 1. The molecule has 3 heteroatoms. The lowest BCUT2D eigenvalue weighted by molar-refractivity contribution is -0.122. The quantitative estimate of drug-likeness (QED) is 0.739. The lowest BCUT2D eigenvalue weighted by atomic mass is 9.81. The van der Waals surface area contributed by atoms with Gasteiger partial charge in [0.05, 0.1) is 18.7 Å². The second-order valence-corrected chi connectivity index (χ2v) is 7.16. The van der Waals surface area contributed by atoms with Crippen molar-refractivity contribution in [2.24, 2.45) is 5.92 Å². The van der Waals surface area contributed by atoms with Gasteiger partial charge in [-0.2, -0.15) is 0 Å². The zero-order valence-corrected chi connectivity index (χ0v) is 15.2. The number of aryl methyl sites for hydroxylation is 2. The molecule has 0 radical (unpaired) electrons. The molecule has 3 nitrogen and oxygen atoms in total. The Morgan fingerprint density at radius 1 is 1.00 bits per heavy atom. The number of rotatable bonds is 5. The summed E-state index contributed by atoms with van der Waals surface area (Å²) in [5.41, 5.74) is 4.75. The number of furan rings is 1. The van der Waals surface area contributed by atoms with Gasteiger partial charge in [0.2, 0.25) is 5.91 Å². The first-order chi connectivity index (χ1) is 12.6. The Bertz CT molecular complexity index is 881. The third kappa shape index (κ3) is 2.74. The van der Waals surface area contributed by atoms with Crippen molar-refractivity contribution >= 4 is 5.91 Å². The SMILES string of the molecule is Cc1ccccc1C1(c2ccccc2C)C[C@H]1C(=O)NCc1ccco1. The molecule has 1 aromatic heterocycles. The predicted molar refractivity (Wildman–Crippen MR) is 102 cm³/mol. The van der Waals surface area contributed by atoms with E-state index in [1.165, 1.54) is 22.3 Å². The summed E-state index contributed by atoms with van der Waals surface area (Å²) >= 11 is 0. The molecule has 1 fully saturated rings. The number of benzene rings is 2. The molecule has 0 unspecified atom stereocenters. The minimum atomic E-state index is -0.232. The van der Waals surface area contributed by atoms with Gasteiger partial charge >= 0.3 is 0 Å². The van der Waals surface area contributed by atoms with Gasteiger partial charge in [0, 0.05) is 5.41 Å². The minimum Gasteiger partial charge on any atom is -0.467 e. The Kier molecular flexibility index (Phi) is 4.15. The highest BCUT2D eigenvalue weighted by Gasteiger charge is 2.61. The number of nitrogens with one attached hydrogen (secondary N) is 1. The van der Waals surface area contributed by atoms with Gasteiger partial charge in [-0.3, -0.25) is 4.79 Å². The van der Waals surface area contributed by atoms with E-state index in [0.29, 0.717) is 6.54 Å². The highest BCUT2D eigenvalue weighted by Crippen LogP contribution is 2.60. The zero-order valence-electron chi connectivity index (χ0n) is 15.2. The lowest BCUT2D eigenvalue weighted by Crippen LogP contribution is -2.29. The molecule has 0 bridgehead atoms. The number of carbonyl (C=O) groups is 1. The van der Waals surface area contributed by atoms with Crippen molar-refractivity contribution in [2.45, 2.75) is 32.2 Å². The van der Waals surface area contributed by atoms with Crippen LogP contribution in [0.5, 0.6) is 0 Å². The van der Waals surface area contributed by atoms with E-state index < -0.39 is 0 Å². The Labute approximate surface area is 154 Å². The third-order valence-electron chi connectivity index (χ3n) is 5.55. The lowest BCUT2D eigenvalue weighted by Gasteiger charge is -2.23. The Morgan fingerprint density at radius 3 is 2.15 bits per heavy atom. The van der Waals surface area contributed by atoms with E-state index in [2.05, 4.69) is 67.7 Å². The topological polar surface area (TPSA) is 42.2 Å². The molecule has 4 rings (SSSR count). The monoisotopic (exact) mass is 345 g/mol. The maximum atomic E-state index is 12.9. The van der Waals surface area contributed by atoms with Gasteiger partial charge < -0.3 is 9.73 Å². The molecule has 0 saturated heterocycles. The maximum absolute atomic E-state index is 12.9. The summed E-state index contributed by atoms with van der Waals surface area (Å²) in [6.07, 6.45) is 2.47. The van der Waals surface area contributed by atoms with E-state index in [-0.39, 0.29) is 17.2 Å². The summed E-state index contributed by atoms with van der Waals surface area (Å²) < 4.78 is 5.33. The average Bonchev–Trinajstić information content (AvgIpc) is 3.17. The van der Waals surface area contributed by atoms with Gasteiger partial charge in [0.15, 0.2) is 0 Å². The van der Waals surface area contributed by atoms with E-state index >= 15 is 0 Å². The van der Waals surface area contributed by atoms with E-state index in [0.717, 1.165) is 12.2 Å². The van der Waals surface area contributed by atoms with Crippen molar-refractivity contribution in [3.8, 4) is 0 Å². The number of hydrogen-bond acceptors (Lipinski definition) is 2. The van der Waals surface area contributed by atoms with Crippen molar-refractivity contribution in [3.05, 3.63) is 94.9 Å². The fraction of sp³-hybridized carbons (Fsp3) is 0.261. The summed E-state index contributed by atoms with van der Waals surface area (Å²) in [4.78, 5) is 12.9. The second-order valence-electron chi connectivity index (χ2n) is 7.16. The first-order valence-electron chi connectivity index (χ1n) is 9.05. The Balaban J connectivity index is 1.67. The third-order valence-corrected chi connectivity index (χ3v) is 5.55. The van der Waals surface area contributed by atoms with Crippen LogP contribution in [0.2, 0.25) is 0 Å². The Hall–Kier alpha value is -2.81. The smallest absolute Gasteiger partial charge is 0.224 e. The van der Waals surface area contributed by atoms with Gasteiger partial charge in [0.1, 0.15) is 5.76 Å². The first kappa shape index (κ1) is 16.6. The summed E-state index contributed by atoms with van der Waals surface area (Å²) in [5.74, 6) is 0.809. The molecule has 1 aliphatic carbocycles. The van der Waals surface area contributed by atoms with Crippen molar-refractivity contribution in [3.63, 3.8) is 0 Å². The van der Waals surface area contributed by atoms with Gasteiger partial charge in [-0.15, -0.1) is 0 Å². The van der Waals surface area contributed by atoms with Crippen molar-refractivity contribution in [1.29, 1.82) is 0 Å². The van der Waals surface area contributed by atoms with Crippen molar-refractivity contribution in [1.82, 2.24) is 5.32 Å². The van der Waals surface area contributed by atoms with Crippen molar-refractivity contribution in [2.75, 3.05) is 0 Å². The second kappa shape index (κ2) is 6.49. The molecule has 0 spiro atoms. The molecule has 1 aliphatic rings. The van der Waals surface area contributed by atoms with Gasteiger partial charge in [-0.25, -0.2) is 0 Å². The van der Waals surface area contributed by atoms with Crippen LogP contribution >= 0.6 is 0 Å². The van der Waals surface area contributed by atoms with Crippen LogP contribution in [0.1, 0.15) is 34.4 Å². The summed E-state index contributed by atoms with van der Waals surface area (Å²) in [6.45, 7) is 4.69. The molecule has 132 valence electrons. The summed E-state index contributed by atoms with van der Waals surface area (Å²) in [7, 11) is 0. The number of carbonyl (C=O) groups excluding carboxylic acids is 1. The normalized spacial score (nSPS) is 17.7. The fourth-order valence-electron chi connectivity index (χ4n) is 4.18. The van der Waals surface area contributed by atoms with E-state index in [9.17, 15) is 4.79 Å². The van der Waals surface area contributed by atoms with E-state index in [1.54, 1.807) is 6.26 Å². The largest absolute Gasteiger partial charge is 0.467 e. The number of amides is 1. The minimum absolute atomic E-state index is 0.0559. The Morgan fingerprint density at radius 2 is 1.62 bits per heavy atom. The molecule has 0 aliphatic heterocycles. The van der Waals surface area contributed by atoms with Crippen LogP contribution in [-0.4, -0.2) is 5.91 Å². The van der Waals surface area contributed by atoms with Gasteiger partial charge in [0.25, 0.3) is 0 Å². The van der Waals surface area contributed by atoms with Crippen LogP contribution in [0.15, 0.2) is 71.3 Å². The van der Waals surface area contributed by atoms with Crippen molar-refractivity contribution < 1.29 is 9.21 Å². The fourth-order valence-corrected chi connectivity index (χ4v) is 4.18. The molecule has 1 N–H and O–H groups in total. The molecular formula is C23H23NO2. The molecule has 1 atom stereocenters. The summed E-state index contributed by atoms with van der Waals surface area (Å²) in [5, 5.41) is 3.05. The molecule has 2 aromatic carbocycles. The molecule has 26 heavy (non-hydrogen) atoms. The summed E-state index contributed by atoms with van der Waals surface area (Å²) in [6, 6.07) is 20.6. The van der Waals surface area contributed by atoms with Crippen LogP contribution in [-0.2, 0) is 16.8 Å². The van der Waals surface area contributed by atoms with Crippen LogP contribution < -0.4 is 5.32 Å². The van der Waals surface area contributed by atoms with Crippen LogP contribution in [0.25, 0.3) is 0 Å². The predicted octanol–water partition coefficient (Wildman–Crippen LogP) is 4.52. The molecular weight excluding hydrogens is 322 g/mol. The highest BCUT2D eigenvalue weighted by atomic mass is 16.3. The van der Waals surface area contributed by atoms with Crippen LogP contribution in [0.3, 0.4) is 0 Å².